The molecule has 0 bridgehead atoms. The minimum Gasteiger partial charge on any atom is -0.383 e. The Kier molecular flexibility index (Phi) is 5.04. The number of hydrogen-bond acceptors (Lipinski definition) is 3. The van der Waals surface area contributed by atoms with Crippen molar-refractivity contribution in [1.29, 1.82) is 5.26 Å². The highest BCUT2D eigenvalue weighted by Gasteiger charge is 2.13. The van der Waals surface area contributed by atoms with Crippen molar-refractivity contribution in [3.63, 3.8) is 0 Å². The molecule has 26 heavy (non-hydrogen) atoms. The Hall–Kier alpha value is -3.12. The third-order valence-electron chi connectivity index (χ3n) is 4.71. The van der Waals surface area contributed by atoms with Gasteiger partial charge in [0, 0.05) is 11.1 Å². The lowest BCUT2D eigenvalue weighted by Crippen LogP contribution is -2.00. The summed E-state index contributed by atoms with van der Waals surface area (Å²) in [6.45, 7) is 6.46. The van der Waals surface area contributed by atoms with Gasteiger partial charge in [-0.3, -0.25) is 0 Å². The van der Waals surface area contributed by atoms with Crippen LogP contribution >= 0.6 is 0 Å². The minimum absolute atomic E-state index is 0.271. The van der Waals surface area contributed by atoms with Crippen molar-refractivity contribution in [1.82, 2.24) is 4.98 Å². The Morgan fingerprint density at radius 2 is 1.62 bits per heavy atom. The van der Waals surface area contributed by atoms with Gasteiger partial charge in [0.25, 0.3) is 0 Å². The Morgan fingerprint density at radius 1 is 1.00 bits per heavy atom. The second-order valence-corrected chi connectivity index (χ2v) is 6.75. The van der Waals surface area contributed by atoms with E-state index in [1.54, 1.807) is 0 Å². The van der Waals surface area contributed by atoms with E-state index in [4.69, 9.17) is 5.73 Å². The maximum absolute atomic E-state index is 9.56. The number of nitrogen functional groups attached to an aromatic ring is 1. The molecule has 0 aliphatic heterocycles. The molecule has 0 radical (unpaired) electrons. The Labute approximate surface area is 155 Å². The number of anilines is 1. The molecule has 1 aromatic heterocycles. The van der Waals surface area contributed by atoms with Crippen LogP contribution in [0.25, 0.3) is 22.4 Å². The van der Waals surface area contributed by atoms with Gasteiger partial charge in [0.1, 0.15) is 17.5 Å². The summed E-state index contributed by atoms with van der Waals surface area (Å²) in [5.41, 5.74) is 12.7. The summed E-state index contributed by atoms with van der Waals surface area (Å²) >= 11 is 0. The van der Waals surface area contributed by atoms with Crippen LogP contribution < -0.4 is 5.73 Å². The first-order valence-corrected chi connectivity index (χ1v) is 8.93. The van der Waals surface area contributed by atoms with E-state index < -0.39 is 0 Å². The lowest BCUT2D eigenvalue weighted by Gasteiger charge is -2.12. The second kappa shape index (κ2) is 7.41. The summed E-state index contributed by atoms with van der Waals surface area (Å²) in [5, 5.41) is 9.56. The molecule has 0 saturated carbocycles. The predicted molar refractivity (Wildman–Crippen MR) is 108 cm³/mol. The number of nitrogens with two attached hydrogens (primary N) is 1. The lowest BCUT2D eigenvalue weighted by atomic mass is 9.95. The monoisotopic (exact) mass is 341 g/mol. The van der Waals surface area contributed by atoms with Gasteiger partial charge in [0.05, 0.1) is 5.69 Å². The molecule has 3 rings (SSSR count). The second-order valence-electron chi connectivity index (χ2n) is 6.75. The first-order chi connectivity index (χ1) is 12.5. The molecule has 1 heterocycles. The van der Waals surface area contributed by atoms with Gasteiger partial charge in [-0.1, -0.05) is 69.3 Å². The molecular formula is C23H23N3. The SMILES string of the molecule is CCc1ccc(-c2cc(-c3ccc(C(C)C)cc3)c(C#N)c(N)n2)cc1. The molecule has 0 unspecified atom stereocenters. The van der Waals surface area contributed by atoms with Crippen molar-refractivity contribution < 1.29 is 0 Å². The molecule has 0 saturated heterocycles. The van der Waals surface area contributed by atoms with E-state index in [-0.39, 0.29) is 5.82 Å². The molecule has 130 valence electrons. The Balaban J connectivity index is 2.11. The highest BCUT2D eigenvalue weighted by atomic mass is 14.8. The van der Waals surface area contributed by atoms with Crippen molar-refractivity contribution in [3.05, 3.63) is 71.3 Å². The summed E-state index contributed by atoms with van der Waals surface area (Å²) in [6, 6.07) is 20.8. The van der Waals surface area contributed by atoms with Gasteiger partial charge >= 0.3 is 0 Å². The molecule has 0 amide bonds. The van der Waals surface area contributed by atoms with Gasteiger partial charge in [-0.25, -0.2) is 4.98 Å². The number of aryl methyl sites for hydroxylation is 1. The Morgan fingerprint density at radius 3 is 2.15 bits per heavy atom. The molecule has 0 aliphatic rings. The summed E-state index contributed by atoms with van der Waals surface area (Å²) < 4.78 is 0. The summed E-state index contributed by atoms with van der Waals surface area (Å²) in [7, 11) is 0. The fourth-order valence-electron chi connectivity index (χ4n) is 3.02. The number of aromatic nitrogens is 1. The highest BCUT2D eigenvalue weighted by Crippen LogP contribution is 2.32. The fourth-order valence-corrected chi connectivity index (χ4v) is 3.02. The third kappa shape index (κ3) is 3.45. The van der Waals surface area contributed by atoms with E-state index in [1.807, 2.05) is 6.07 Å². The van der Waals surface area contributed by atoms with Crippen molar-refractivity contribution in [2.75, 3.05) is 5.73 Å². The smallest absolute Gasteiger partial charge is 0.142 e. The normalized spacial score (nSPS) is 10.7. The zero-order valence-corrected chi connectivity index (χ0v) is 15.5. The summed E-state index contributed by atoms with van der Waals surface area (Å²) in [5.74, 6) is 0.738. The van der Waals surface area contributed by atoms with Gasteiger partial charge in [-0.05, 0) is 35.1 Å². The summed E-state index contributed by atoms with van der Waals surface area (Å²) in [4.78, 5) is 4.46. The first-order valence-electron chi connectivity index (χ1n) is 8.93. The van der Waals surface area contributed by atoms with Crippen molar-refractivity contribution >= 4 is 5.82 Å². The van der Waals surface area contributed by atoms with E-state index in [2.05, 4.69) is 80.4 Å². The van der Waals surface area contributed by atoms with Crippen molar-refractivity contribution in [2.45, 2.75) is 33.1 Å². The standard InChI is InChI=1S/C23H23N3/c1-4-16-5-7-19(8-6-16)22-13-20(21(14-24)23(25)26-22)18-11-9-17(10-12-18)15(2)3/h5-13,15H,4H2,1-3H3,(H2,25,26). The largest absolute Gasteiger partial charge is 0.383 e. The van der Waals surface area contributed by atoms with Crippen LogP contribution in [0.15, 0.2) is 54.6 Å². The highest BCUT2D eigenvalue weighted by molar-refractivity contribution is 5.80. The molecule has 0 aliphatic carbocycles. The molecular weight excluding hydrogens is 318 g/mol. The minimum atomic E-state index is 0.271. The molecule has 3 heteroatoms. The van der Waals surface area contributed by atoms with Gasteiger partial charge < -0.3 is 5.73 Å². The predicted octanol–water partition coefficient (Wildman–Crippen LogP) is 5.56. The molecule has 3 nitrogen and oxygen atoms in total. The van der Waals surface area contributed by atoms with E-state index in [0.29, 0.717) is 11.5 Å². The number of hydrogen-bond donors (Lipinski definition) is 1. The molecule has 0 atom stereocenters. The maximum atomic E-state index is 9.56. The zero-order chi connectivity index (χ0) is 18.7. The molecule has 2 N–H and O–H groups in total. The van der Waals surface area contributed by atoms with Crippen LogP contribution in [-0.4, -0.2) is 4.98 Å². The Bertz CT molecular complexity index is 946. The van der Waals surface area contributed by atoms with Gasteiger partial charge in [0.15, 0.2) is 0 Å². The maximum Gasteiger partial charge on any atom is 0.142 e. The number of benzene rings is 2. The van der Waals surface area contributed by atoms with E-state index in [1.165, 1.54) is 11.1 Å². The average molecular weight is 341 g/mol. The van der Waals surface area contributed by atoms with Gasteiger partial charge in [-0.2, -0.15) is 5.26 Å². The van der Waals surface area contributed by atoms with Crippen LogP contribution in [0.2, 0.25) is 0 Å². The topological polar surface area (TPSA) is 62.7 Å². The average Bonchev–Trinajstić information content (AvgIpc) is 2.67. The van der Waals surface area contributed by atoms with E-state index in [0.717, 1.165) is 28.8 Å². The fraction of sp³-hybridized carbons (Fsp3) is 0.217. The number of pyridine rings is 1. The van der Waals surface area contributed by atoms with Crippen LogP contribution in [0.3, 0.4) is 0 Å². The van der Waals surface area contributed by atoms with E-state index in [9.17, 15) is 5.26 Å². The van der Waals surface area contributed by atoms with Crippen LogP contribution in [0.4, 0.5) is 5.82 Å². The first kappa shape index (κ1) is 17.7. The summed E-state index contributed by atoms with van der Waals surface area (Å²) in [6.07, 6.45) is 0.997. The van der Waals surface area contributed by atoms with Gasteiger partial charge in [-0.15, -0.1) is 0 Å². The molecule has 2 aromatic carbocycles. The number of nitriles is 1. The van der Waals surface area contributed by atoms with E-state index >= 15 is 0 Å². The van der Waals surface area contributed by atoms with Gasteiger partial charge in [0.2, 0.25) is 0 Å². The molecule has 0 spiro atoms. The number of rotatable bonds is 4. The third-order valence-corrected chi connectivity index (χ3v) is 4.71. The van der Waals surface area contributed by atoms with Crippen molar-refractivity contribution in [2.24, 2.45) is 0 Å². The van der Waals surface area contributed by atoms with Crippen LogP contribution in [0.1, 0.15) is 43.4 Å². The number of nitrogens with zero attached hydrogens (tertiary/aromatic N) is 2. The zero-order valence-electron chi connectivity index (χ0n) is 15.5. The molecule has 3 aromatic rings. The van der Waals surface area contributed by atoms with Crippen LogP contribution in [0.5, 0.6) is 0 Å². The molecule has 0 fully saturated rings. The quantitative estimate of drug-likeness (QED) is 0.676. The van der Waals surface area contributed by atoms with Crippen molar-refractivity contribution in [3.8, 4) is 28.5 Å². The van der Waals surface area contributed by atoms with Crippen LogP contribution in [-0.2, 0) is 6.42 Å². The van der Waals surface area contributed by atoms with Crippen LogP contribution in [0, 0.1) is 11.3 Å². The lowest BCUT2D eigenvalue weighted by molar-refractivity contribution is 0.867.